The summed E-state index contributed by atoms with van der Waals surface area (Å²) in [7, 11) is 0. The lowest BCUT2D eigenvalue weighted by atomic mass is 9.96. The van der Waals surface area contributed by atoms with Crippen molar-refractivity contribution < 1.29 is 9.53 Å². The maximum absolute atomic E-state index is 13.0. The molecule has 0 unspecified atom stereocenters. The fraction of sp³-hybridized carbons (Fsp3) is 0.174. The zero-order valence-electron chi connectivity index (χ0n) is 14.6. The average molecular weight is 365 g/mol. The highest BCUT2D eigenvalue weighted by Crippen LogP contribution is 2.30. The van der Waals surface area contributed by atoms with Crippen molar-refractivity contribution in [2.24, 2.45) is 0 Å². The minimum Gasteiger partial charge on any atom is -0.452 e. The Labute approximate surface area is 159 Å². The highest BCUT2D eigenvalue weighted by atomic mass is 35.5. The number of halogens is 1. The molecule has 0 aliphatic carbocycles. The number of hydrogen-bond acceptors (Lipinski definition) is 2. The van der Waals surface area contributed by atoms with Gasteiger partial charge in [-0.25, -0.2) is 0 Å². The van der Waals surface area contributed by atoms with E-state index in [1.807, 2.05) is 79.7 Å². The molecule has 0 aromatic heterocycles. The van der Waals surface area contributed by atoms with Crippen LogP contribution < -0.4 is 0 Å². The van der Waals surface area contributed by atoms with Gasteiger partial charge in [-0.3, -0.25) is 4.79 Å². The third-order valence-electron chi connectivity index (χ3n) is 4.40. The quantitative estimate of drug-likeness (QED) is 0.489. The summed E-state index contributed by atoms with van der Waals surface area (Å²) in [5.74, 6) is -0.547. The summed E-state index contributed by atoms with van der Waals surface area (Å²) in [6.45, 7) is 1.99. The molecule has 0 N–H and O–H groups in total. The van der Waals surface area contributed by atoms with Gasteiger partial charge in [0.05, 0.1) is 5.92 Å². The van der Waals surface area contributed by atoms with Crippen LogP contribution in [0.1, 0.15) is 42.1 Å². The number of rotatable bonds is 6. The Bertz CT molecular complexity index is 790. The van der Waals surface area contributed by atoms with Gasteiger partial charge >= 0.3 is 5.97 Å². The van der Waals surface area contributed by atoms with Crippen molar-refractivity contribution >= 4 is 17.6 Å². The molecule has 0 fully saturated rings. The number of hydrogen-bond donors (Lipinski definition) is 0. The molecule has 0 amide bonds. The SMILES string of the molecule is CC[C@@H](C(=O)OC(c1ccccc1)c1ccccc1)c1ccc(Cl)cc1. The molecular weight excluding hydrogens is 344 g/mol. The highest BCUT2D eigenvalue weighted by Gasteiger charge is 2.25. The third kappa shape index (κ3) is 4.33. The molecular formula is C23H21ClO2. The Kier molecular flexibility index (Phi) is 6.08. The molecule has 0 radical (unpaired) electrons. The van der Waals surface area contributed by atoms with Gasteiger partial charge in [0.1, 0.15) is 0 Å². The molecule has 3 aromatic rings. The van der Waals surface area contributed by atoms with Gasteiger partial charge in [-0.05, 0) is 35.2 Å². The smallest absolute Gasteiger partial charge is 0.314 e. The van der Waals surface area contributed by atoms with E-state index in [4.69, 9.17) is 16.3 Å². The molecule has 0 aliphatic rings. The third-order valence-corrected chi connectivity index (χ3v) is 4.66. The maximum Gasteiger partial charge on any atom is 0.314 e. The first-order valence-electron chi connectivity index (χ1n) is 8.75. The lowest BCUT2D eigenvalue weighted by molar-refractivity contribution is -0.149. The first-order valence-corrected chi connectivity index (χ1v) is 9.12. The molecule has 26 heavy (non-hydrogen) atoms. The first-order chi connectivity index (χ1) is 12.7. The minimum atomic E-state index is -0.425. The van der Waals surface area contributed by atoms with E-state index in [2.05, 4.69) is 0 Å². The fourth-order valence-corrected chi connectivity index (χ4v) is 3.14. The van der Waals surface area contributed by atoms with Crippen molar-refractivity contribution in [3.63, 3.8) is 0 Å². The molecule has 0 aliphatic heterocycles. The van der Waals surface area contributed by atoms with Crippen LogP contribution in [0.15, 0.2) is 84.9 Å². The second-order valence-corrected chi connectivity index (χ2v) is 6.59. The molecule has 3 aromatic carbocycles. The molecule has 132 valence electrons. The van der Waals surface area contributed by atoms with E-state index in [0.717, 1.165) is 16.7 Å². The molecule has 3 rings (SSSR count). The molecule has 1 atom stereocenters. The van der Waals surface area contributed by atoms with Crippen LogP contribution in [-0.4, -0.2) is 5.97 Å². The van der Waals surface area contributed by atoms with Crippen molar-refractivity contribution in [2.75, 3.05) is 0 Å². The Morgan fingerprint density at radius 2 is 1.31 bits per heavy atom. The van der Waals surface area contributed by atoms with Crippen LogP contribution in [0.5, 0.6) is 0 Å². The van der Waals surface area contributed by atoms with Crippen LogP contribution in [0.4, 0.5) is 0 Å². The number of benzene rings is 3. The molecule has 0 saturated heterocycles. The van der Waals surface area contributed by atoms with E-state index in [1.54, 1.807) is 12.1 Å². The summed E-state index contributed by atoms with van der Waals surface area (Å²) in [6, 6.07) is 27.0. The zero-order chi connectivity index (χ0) is 18.4. The van der Waals surface area contributed by atoms with Gasteiger partial charge in [-0.1, -0.05) is 91.3 Å². The summed E-state index contributed by atoms with van der Waals surface area (Å²) in [5, 5.41) is 0.656. The summed E-state index contributed by atoms with van der Waals surface area (Å²) in [4.78, 5) is 13.0. The molecule has 2 nitrogen and oxygen atoms in total. The molecule has 3 heteroatoms. The Balaban J connectivity index is 1.88. The number of carbonyl (C=O) groups is 1. The van der Waals surface area contributed by atoms with Gasteiger partial charge in [0.2, 0.25) is 0 Å². The van der Waals surface area contributed by atoms with Gasteiger partial charge in [-0.2, -0.15) is 0 Å². The van der Waals surface area contributed by atoms with Crippen molar-refractivity contribution in [3.05, 3.63) is 107 Å². The zero-order valence-corrected chi connectivity index (χ0v) is 15.4. The van der Waals surface area contributed by atoms with Gasteiger partial charge in [0, 0.05) is 5.02 Å². The second-order valence-electron chi connectivity index (χ2n) is 6.15. The van der Waals surface area contributed by atoms with Crippen molar-refractivity contribution in [3.8, 4) is 0 Å². The van der Waals surface area contributed by atoms with Gasteiger partial charge < -0.3 is 4.74 Å². The lowest BCUT2D eigenvalue weighted by Crippen LogP contribution is -2.19. The van der Waals surface area contributed by atoms with E-state index in [0.29, 0.717) is 11.4 Å². The van der Waals surface area contributed by atoms with E-state index in [1.165, 1.54) is 0 Å². The van der Waals surface area contributed by atoms with Crippen LogP contribution in [0.3, 0.4) is 0 Å². The lowest BCUT2D eigenvalue weighted by Gasteiger charge is -2.22. The Morgan fingerprint density at radius 3 is 1.77 bits per heavy atom. The summed E-state index contributed by atoms with van der Waals surface area (Å²) >= 11 is 5.97. The first kappa shape index (κ1) is 18.2. The van der Waals surface area contributed by atoms with Gasteiger partial charge in [0.15, 0.2) is 6.10 Å². The van der Waals surface area contributed by atoms with Crippen molar-refractivity contribution in [1.29, 1.82) is 0 Å². The second kappa shape index (κ2) is 8.68. The minimum absolute atomic E-state index is 0.229. The van der Waals surface area contributed by atoms with Crippen LogP contribution in [0, 0.1) is 0 Å². The highest BCUT2D eigenvalue weighted by molar-refractivity contribution is 6.30. The number of ether oxygens (including phenoxy) is 1. The maximum atomic E-state index is 13.0. The topological polar surface area (TPSA) is 26.3 Å². The van der Waals surface area contributed by atoms with E-state index in [9.17, 15) is 4.79 Å². The Morgan fingerprint density at radius 1 is 0.808 bits per heavy atom. The van der Waals surface area contributed by atoms with Crippen molar-refractivity contribution in [2.45, 2.75) is 25.4 Å². The predicted octanol–water partition coefficient (Wildman–Crippen LogP) is 6.17. The van der Waals surface area contributed by atoms with Crippen LogP contribution in [0.2, 0.25) is 5.02 Å². The average Bonchev–Trinajstić information content (AvgIpc) is 2.69. The number of esters is 1. The van der Waals surface area contributed by atoms with E-state index < -0.39 is 6.10 Å². The van der Waals surface area contributed by atoms with Crippen LogP contribution >= 0.6 is 11.6 Å². The summed E-state index contributed by atoms with van der Waals surface area (Å²) in [5.41, 5.74) is 2.83. The summed E-state index contributed by atoms with van der Waals surface area (Å²) in [6.07, 6.45) is 0.239. The molecule has 0 heterocycles. The standard InChI is InChI=1S/C23H21ClO2/c1-2-21(17-13-15-20(24)16-14-17)23(25)26-22(18-9-5-3-6-10-18)19-11-7-4-8-12-19/h3-16,21-22H,2H2,1H3/t21-/m1/s1. The molecule has 0 bridgehead atoms. The van der Waals surface area contributed by atoms with Gasteiger partial charge in [-0.15, -0.1) is 0 Å². The van der Waals surface area contributed by atoms with Crippen LogP contribution in [-0.2, 0) is 9.53 Å². The monoisotopic (exact) mass is 364 g/mol. The largest absolute Gasteiger partial charge is 0.452 e. The van der Waals surface area contributed by atoms with E-state index in [-0.39, 0.29) is 11.9 Å². The Hall–Kier alpha value is -2.58. The predicted molar refractivity (Wildman–Crippen MR) is 105 cm³/mol. The normalized spacial score (nSPS) is 12.0. The fourth-order valence-electron chi connectivity index (χ4n) is 3.02. The summed E-state index contributed by atoms with van der Waals surface area (Å²) < 4.78 is 5.99. The molecule has 0 spiro atoms. The molecule has 0 saturated carbocycles. The van der Waals surface area contributed by atoms with Crippen molar-refractivity contribution in [1.82, 2.24) is 0 Å². The van der Waals surface area contributed by atoms with Crippen LogP contribution in [0.25, 0.3) is 0 Å². The number of carbonyl (C=O) groups excluding carboxylic acids is 1. The van der Waals surface area contributed by atoms with E-state index >= 15 is 0 Å². The van der Waals surface area contributed by atoms with Gasteiger partial charge in [0.25, 0.3) is 0 Å².